The molecule has 1 aromatic heterocycles. The summed E-state index contributed by atoms with van der Waals surface area (Å²) in [4.78, 5) is 4.03. The van der Waals surface area contributed by atoms with Crippen LogP contribution in [0.15, 0.2) is 36.5 Å². The summed E-state index contributed by atoms with van der Waals surface area (Å²) in [6.45, 7) is 0. The normalized spacial score (nSPS) is 8.43. The van der Waals surface area contributed by atoms with Gasteiger partial charge in [0.15, 0.2) is 0 Å². The molecule has 1 N–H and O–H groups in total. The second-order valence-corrected chi connectivity index (χ2v) is 2.35. The Hall–Kier alpha value is -0.657. The molecule has 0 spiro atoms. The molecule has 0 aliphatic carbocycles. The number of rotatable bonds is 0. The zero-order valence-electron chi connectivity index (χ0n) is 7.59. The molecular formula is C10H10ClNORu. The van der Waals surface area contributed by atoms with E-state index in [1.54, 1.807) is 18.3 Å². The Morgan fingerprint density at radius 3 is 2.43 bits per heavy atom. The van der Waals surface area contributed by atoms with Crippen LogP contribution in [-0.4, -0.2) is 10.1 Å². The standard InChI is InChI=1S/C9H7NO.CH3.ClH.Ru/c11-8-5-1-3-7-4-2-6-10-9(7)8;;;/h1-6,11H;1H3;1H;/q;-1;;+2/p-1. The van der Waals surface area contributed by atoms with Crippen molar-refractivity contribution in [3.63, 3.8) is 0 Å². The molecule has 76 valence electrons. The van der Waals surface area contributed by atoms with Crippen LogP contribution in [0.2, 0.25) is 0 Å². The summed E-state index contributed by atoms with van der Waals surface area (Å²) in [5.41, 5.74) is 0.662. The van der Waals surface area contributed by atoms with Gasteiger partial charge in [0.2, 0.25) is 0 Å². The third-order valence-corrected chi connectivity index (χ3v) is 1.61. The molecule has 1 aromatic carbocycles. The quantitative estimate of drug-likeness (QED) is 0.599. The zero-order valence-corrected chi connectivity index (χ0v) is 10.1. The molecule has 4 heteroatoms. The van der Waals surface area contributed by atoms with Crippen LogP contribution in [0.4, 0.5) is 0 Å². The molecule has 2 aromatic rings. The first kappa shape index (κ1) is 13.3. The van der Waals surface area contributed by atoms with Gasteiger partial charge < -0.3 is 12.5 Å². The number of aromatic hydroxyl groups is 1. The third kappa shape index (κ3) is 2.93. The van der Waals surface area contributed by atoms with E-state index in [0.29, 0.717) is 5.52 Å². The minimum absolute atomic E-state index is 0. The fourth-order valence-electron chi connectivity index (χ4n) is 1.09. The molecule has 0 saturated carbocycles. The Morgan fingerprint density at radius 1 is 1.14 bits per heavy atom. The van der Waals surface area contributed by atoms with Crippen LogP contribution in [0.5, 0.6) is 5.75 Å². The Labute approximate surface area is 97.7 Å². The van der Waals surface area contributed by atoms with Gasteiger partial charge in [-0.05, 0) is 12.1 Å². The fraction of sp³-hybridized carbons (Fsp3) is 0. The van der Waals surface area contributed by atoms with Crippen molar-refractivity contribution in [3.05, 3.63) is 44.0 Å². The number of nitrogens with zero attached hydrogens (tertiary/aromatic N) is 1. The maximum absolute atomic E-state index is 9.31. The molecule has 14 heavy (non-hydrogen) atoms. The van der Waals surface area contributed by atoms with Gasteiger partial charge in [-0.1, -0.05) is 18.2 Å². The third-order valence-electron chi connectivity index (χ3n) is 1.61. The van der Waals surface area contributed by atoms with Crippen molar-refractivity contribution in [2.24, 2.45) is 0 Å². The van der Waals surface area contributed by atoms with E-state index >= 15 is 0 Å². The van der Waals surface area contributed by atoms with Crippen molar-refractivity contribution in [2.75, 3.05) is 0 Å². The van der Waals surface area contributed by atoms with E-state index in [-0.39, 0.29) is 13.2 Å². The number of fused-ring (bicyclic) bond motifs is 1. The first-order valence-corrected chi connectivity index (χ1v) is 5.78. The number of phenols is 1. The first-order valence-electron chi connectivity index (χ1n) is 3.54. The van der Waals surface area contributed by atoms with Crippen LogP contribution < -0.4 is 0 Å². The average Bonchev–Trinajstić information content (AvgIpc) is 2.22. The zero-order chi connectivity index (χ0) is 9.68. The van der Waals surface area contributed by atoms with Crippen molar-refractivity contribution in [3.8, 4) is 5.75 Å². The molecule has 0 bridgehead atoms. The molecule has 2 rings (SSSR count). The Morgan fingerprint density at radius 2 is 1.79 bits per heavy atom. The fourth-order valence-corrected chi connectivity index (χ4v) is 1.09. The average molecular weight is 297 g/mol. The molecule has 0 fully saturated rings. The first-order chi connectivity index (χ1) is 6.38. The van der Waals surface area contributed by atoms with E-state index in [2.05, 4.69) is 14.7 Å². The number of hydrogen-bond acceptors (Lipinski definition) is 2. The van der Waals surface area contributed by atoms with Crippen LogP contribution in [0.3, 0.4) is 0 Å². The number of para-hydroxylation sites is 1. The topological polar surface area (TPSA) is 33.1 Å². The number of halogens is 1. The van der Waals surface area contributed by atoms with Crippen molar-refractivity contribution >= 4 is 20.6 Å². The van der Waals surface area contributed by atoms with Gasteiger partial charge in [0, 0.05) is 11.6 Å². The van der Waals surface area contributed by atoms with E-state index in [1.165, 1.54) is 0 Å². The number of phenolic OH excluding ortho intramolecular Hbond substituents is 1. The summed E-state index contributed by atoms with van der Waals surface area (Å²) in [5.74, 6) is 0.239. The summed E-state index contributed by atoms with van der Waals surface area (Å²) in [6.07, 6.45) is 1.67. The van der Waals surface area contributed by atoms with E-state index in [4.69, 9.17) is 0 Å². The van der Waals surface area contributed by atoms with Gasteiger partial charge in [-0.15, -0.1) is 0 Å². The molecule has 0 amide bonds. The van der Waals surface area contributed by atoms with Crippen molar-refractivity contribution in [1.29, 1.82) is 0 Å². The number of aromatic nitrogens is 1. The van der Waals surface area contributed by atoms with E-state index in [1.807, 2.05) is 35.5 Å². The van der Waals surface area contributed by atoms with E-state index < -0.39 is 0 Å². The van der Waals surface area contributed by atoms with Gasteiger partial charge in [0.05, 0.1) is 0 Å². The summed E-state index contributed by atoms with van der Waals surface area (Å²) in [6, 6.07) is 9.13. The van der Waals surface area contributed by atoms with Crippen LogP contribution in [0.1, 0.15) is 0 Å². The molecule has 0 aliphatic heterocycles. The molecule has 1 heterocycles. The Kier molecular flexibility index (Phi) is 6.43. The molecule has 0 radical (unpaired) electrons. The molecule has 0 saturated heterocycles. The molecule has 0 aliphatic rings. The monoisotopic (exact) mass is 297 g/mol. The van der Waals surface area contributed by atoms with Gasteiger partial charge in [-0.2, -0.15) is 0 Å². The summed E-state index contributed by atoms with van der Waals surface area (Å²) in [7, 11) is 4.57. The number of pyridine rings is 1. The van der Waals surface area contributed by atoms with Crippen molar-refractivity contribution in [1.82, 2.24) is 4.98 Å². The van der Waals surface area contributed by atoms with Gasteiger partial charge in [0.1, 0.15) is 11.3 Å². The number of hydrogen-bond donors (Lipinski definition) is 1. The second kappa shape index (κ2) is 6.75. The van der Waals surface area contributed by atoms with Crippen LogP contribution >= 0.6 is 9.69 Å². The van der Waals surface area contributed by atoms with E-state index in [0.717, 1.165) is 5.39 Å². The summed E-state index contributed by atoms with van der Waals surface area (Å²) >= 11 is 1.82. The summed E-state index contributed by atoms with van der Waals surface area (Å²) in [5, 5.41) is 10.3. The van der Waals surface area contributed by atoms with Gasteiger partial charge in [-0.3, -0.25) is 4.98 Å². The second-order valence-electron chi connectivity index (χ2n) is 2.35. The molecule has 0 atom stereocenters. The van der Waals surface area contributed by atoms with Crippen molar-refractivity contribution < 1.29 is 22.4 Å². The van der Waals surface area contributed by atoms with Crippen molar-refractivity contribution in [2.45, 2.75) is 0 Å². The maximum atomic E-state index is 9.31. The van der Waals surface area contributed by atoms with Gasteiger partial charge in [-0.25, -0.2) is 0 Å². The van der Waals surface area contributed by atoms with Crippen LogP contribution in [-0.2, 0) is 17.3 Å². The van der Waals surface area contributed by atoms with Crippen LogP contribution in [0.25, 0.3) is 10.9 Å². The van der Waals surface area contributed by atoms with Gasteiger partial charge in [0.25, 0.3) is 0 Å². The van der Waals surface area contributed by atoms with E-state index in [9.17, 15) is 5.11 Å². The Balaban J connectivity index is 0.000000531. The molecule has 2 nitrogen and oxygen atoms in total. The Bertz CT molecular complexity index is 389. The molecule has 0 unspecified atom stereocenters. The SMILES string of the molecule is Oc1cccc2cccnc12.[CH3-].[Cl][Ru+]. The predicted octanol–water partition coefficient (Wildman–Crippen LogP) is 3.08. The predicted molar refractivity (Wildman–Crippen MR) is 55.7 cm³/mol. The molecular weight excluding hydrogens is 287 g/mol. The number of benzene rings is 1. The minimum atomic E-state index is 0. The van der Waals surface area contributed by atoms with Gasteiger partial charge >= 0.3 is 27.0 Å². The van der Waals surface area contributed by atoms with Crippen LogP contribution in [0, 0.1) is 7.43 Å². The summed E-state index contributed by atoms with van der Waals surface area (Å²) < 4.78 is 0.